The maximum Gasteiger partial charge on any atom is 0.253 e. The molecule has 5 nitrogen and oxygen atoms in total. The Morgan fingerprint density at radius 2 is 1.76 bits per heavy atom. The van der Waals surface area contributed by atoms with Crippen LogP contribution in [0.3, 0.4) is 0 Å². The fourth-order valence-electron chi connectivity index (χ4n) is 3.29. The van der Waals surface area contributed by atoms with E-state index in [-0.39, 0.29) is 29.4 Å². The van der Waals surface area contributed by atoms with Crippen molar-refractivity contribution in [3.05, 3.63) is 35.4 Å². The lowest BCUT2D eigenvalue weighted by atomic mass is 9.93. The molecule has 0 atom stereocenters. The molecule has 1 saturated carbocycles. The highest BCUT2D eigenvalue weighted by atomic mass is 16.3. The first-order valence-corrected chi connectivity index (χ1v) is 9.00. The molecule has 0 saturated heterocycles. The number of hydrogen-bond acceptors (Lipinski definition) is 3. The average molecular weight is 346 g/mol. The van der Waals surface area contributed by atoms with Gasteiger partial charge in [-0.05, 0) is 49.3 Å². The fourth-order valence-corrected chi connectivity index (χ4v) is 3.29. The molecule has 0 bridgehead atoms. The molecule has 1 aliphatic rings. The lowest BCUT2D eigenvalue weighted by Gasteiger charge is -2.27. The zero-order chi connectivity index (χ0) is 18.6. The van der Waals surface area contributed by atoms with E-state index in [9.17, 15) is 14.7 Å². The minimum Gasteiger partial charge on any atom is -0.393 e. The Kier molecular flexibility index (Phi) is 6.22. The largest absolute Gasteiger partial charge is 0.393 e. The van der Waals surface area contributed by atoms with E-state index in [1.54, 1.807) is 36.2 Å². The minimum absolute atomic E-state index is 0.0188. The summed E-state index contributed by atoms with van der Waals surface area (Å²) < 4.78 is 0. The van der Waals surface area contributed by atoms with Crippen LogP contribution in [0, 0.1) is 5.41 Å². The summed E-state index contributed by atoms with van der Waals surface area (Å²) in [6.45, 7) is 6.90. The molecule has 5 heteroatoms. The first-order valence-electron chi connectivity index (χ1n) is 9.00. The summed E-state index contributed by atoms with van der Waals surface area (Å²) in [5, 5.41) is 12.6. The van der Waals surface area contributed by atoms with Gasteiger partial charge < -0.3 is 15.3 Å². The van der Waals surface area contributed by atoms with Crippen LogP contribution < -0.4 is 5.32 Å². The predicted octanol–water partition coefficient (Wildman–Crippen LogP) is 2.84. The molecule has 0 heterocycles. The van der Waals surface area contributed by atoms with Crippen molar-refractivity contribution in [3.63, 3.8) is 0 Å². The summed E-state index contributed by atoms with van der Waals surface area (Å²) in [4.78, 5) is 26.8. The number of carbonyl (C=O) groups is 2. The molecule has 2 amide bonds. The Hall–Kier alpha value is -1.88. The van der Waals surface area contributed by atoms with Crippen LogP contribution in [0.1, 0.15) is 67.2 Å². The van der Waals surface area contributed by atoms with E-state index < -0.39 is 0 Å². The van der Waals surface area contributed by atoms with E-state index in [0.29, 0.717) is 17.7 Å². The third kappa shape index (κ3) is 5.85. The van der Waals surface area contributed by atoms with Crippen molar-refractivity contribution in [2.24, 2.45) is 5.41 Å². The van der Waals surface area contributed by atoms with Gasteiger partial charge in [0.05, 0.1) is 6.10 Å². The first kappa shape index (κ1) is 19.4. The number of nitrogens with zero attached hydrogens (tertiary/aromatic N) is 1. The molecule has 1 fully saturated rings. The van der Waals surface area contributed by atoms with Crippen molar-refractivity contribution < 1.29 is 14.7 Å². The van der Waals surface area contributed by atoms with E-state index in [4.69, 9.17) is 0 Å². The number of benzene rings is 1. The number of hydrogen-bond donors (Lipinski definition) is 2. The van der Waals surface area contributed by atoms with Gasteiger partial charge in [-0.15, -0.1) is 0 Å². The van der Waals surface area contributed by atoms with Gasteiger partial charge in [0, 0.05) is 30.8 Å². The van der Waals surface area contributed by atoms with Crippen LogP contribution in [0.15, 0.2) is 24.3 Å². The van der Waals surface area contributed by atoms with Gasteiger partial charge in [0.1, 0.15) is 0 Å². The summed E-state index contributed by atoms with van der Waals surface area (Å²) >= 11 is 0. The van der Waals surface area contributed by atoms with Gasteiger partial charge in [-0.25, -0.2) is 0 Å². The highest BCUT2D eigenvalue weighted by Crippen LogP contribution is 2.19. The van der Waals surface area contributed by atoms with Gasteiger partial charge in [0.15, 0.2) is 0 Å². The molecule has 138 valence electrons. The Bertz CT molecular complexity index is 614. The second-order valence-electron chi connectivity index (χ2n) is 8.28. The first-order chi connectivity index (χ1) is 11.7. The van der Waals surface area contributed by atoms with E-state index in [1.807, 2.05) is 0 Å². The molecule has 0 aromatic heterocycles. The number of amides is 2. The fraction of sp³-hybridized carbons (Fsp3) is 0.600. The van der Waals surface area contributed by atoms with Crippen LogP contribution in [0.2, 0.25) is 0 Å². The minimum atomic E-state index is -0.243. The van der Waals surface area contributed by atoms with Gasteiger partial charge >= 0.3 is 0 Å². The molecule has 0 unspecified atom stereocenters. The number of rotatable bonds is 4. The topological polar surface area (TPSA) is 69.6 Å². The van der Waals surface area contributed by atoms with Gasteiger partial charge in [0.2, 0.25) is 0 Å². The lowest BCUT2D eigenvalue weighted by molar-refractivity contribution is 0.0745. The van der Waals surface area contributed by atoms with Gasteiger partial charge in [-0.3, -0.25) is 9.59 Å². The molecule has 0 spiro atoms. The zero-order valence-corrected chi connectivity index (χ0v) is 15.7. The molecule has 2 rings (SSSR count). The van der Waals surface area contributed by atoms with Crippen LogP contribution in [0.25, 0.3) is 0 Å². The second-order valence-corrected chi connectivity index (χ2v) is 8.28. The van der Waals surface area contributed by atoms with Crippen molar-refractivity contribution >= 4 is 11.8 Å². The highest BCUT2D eigenvalue weighted by molar-refractivity contribution is 5.99. The van der Waals surface area contributed by atoms with Crippen molar-refractivity contribution in [2.75, 3.05) is 13.6 Å². The average Bonchev–Trinajstić information content (AvgIpc) is 2.54. The molecular formula is C20H30N2O3. The zero-order valence-electron chi connectivity index (χ0n) is 15.7. The number of aliphatic hydroxyl groups excluding tert-OH is 1. The van der Waals surface area contributed by atoms with Crippen LogP contribution >= 0.6 is 0 Å². The van der Waals surface area contributed by atoms with Gasteiger partial charge in [-0.1, -0.05) is 26.8 Å². The molecule has 0 aliphatic heterocycles. The summed E-state index contributed by atoms with van der Waals surface area (Å²) in [7, 11) is 1.79. The third-order valence-corrected chi connectivity index (χ3v) is 4.46. The van der Waals surface area contributed by atoms with Crippen LogP contribution in [-0.2, 0) is 0 Å². The van der Waals surface area contributed by atoms with Crippen LogP contribution in [0.4, 0.5) is 0 Å². The maximum absolute atomic E-state index is 12.6. The molecular weight excluding hydrogens is 316 g/mol. The quantitative estimate of drug-likeness (QED) is 0.881. The lowest BCUT2D eigenvalue weighted by Crippen LogP contribution is -2.38. The highest BCUT2D eigenvalue weighted by Gasteiger charge is 2.22. The van der Waals surface area contributed by atoms with Crippen LogP contribution in [-0.4, -0.2) is 47.6 Å². The number of aliphatic hydroxyl groups is 1. The predicted molar refractivity (Wildman–Crippen MR) is 98.6 cm³/mol. The van der Waals surface area contributed by atoms with Gasteiger partial charge in [0.25, 0.3) is 11.8 Å². The maximum atomic E-state index is 12.6. The van der Waals surface area contributed by atoms with E-state index in [1.165, 1.54) is 0 Å². The van der Waals surface area contributed by atoms with E-state index in [0.717, 1.165) is 25.7 Å². The summed E-state index contributed by atoms with van der Waals surface area (Å²) in [5.41, 5.74) is 1.05. The van der Waals surface area contributed by atoms with Crippen molar-refractivity contribution in [3.8, 4) is 0 Å². The third-order valence-electron chi connectivity index (χ3n) is 4.46. The summed E-state index contributed by atoms with van der Waals surface area (Å²) in [6, 6.07) is 6.98. The smallest absolute Gasteiger partial charge is 0.253 e. The summed E-state index contributed by atoms with van der Waals surface area (Å²) in [5.74, 6) is -0.236. The van der Waals surface area contributed by atoms with E-state index >= 15 is 0 Å². The Balaban J connectivity index is 2.02. The molecule has 2 N–H and O–H groups in total. The standard InChI is InChI=1S/C20H30N2O3/c1-20(2,3)13-22(4)19(25)15-7-5-6-14(12-15)18(24)21-16-8-10-17(23)11-9-16/h5-7,12,16-17,23H,8-11,13H2,1-4H3,(H,21,24). The molecule has 1 aromatic rings. The van der Waals surface area contributed by atoms with Crippen molar-refractivity contribution in [1.82, 2.24) is 10.2 Å². The van der Waals surface area contributed by atoms with Crippen molar-refractivity contribution in [2.45, 2.75) is 58.6 Å². The Morgan fingerprint density at radius 3 is 2.36 bits per heavy atom. The monoisotopic (exact) mass is 346 g/mol. The Labute approximate surface area is 150 Å². The molecule has 1 aromatic carbocycles. The van der Waals surface area contributed by atoms with Gasteiger partial charge in [-0.2, -0.15) is 0 Å². The molecule has 25 heavy (non-hydrogen) atoms. The normalized spacial score (nSPS) is 20.8. The van der Waals surface area contributed by atoms with Crippen molar-refractivity contribution in [1.29, 1.82) is 0 Å². The molecule has 1 aliphatic carbocycles. The SMILES string of the molecule is CN(CC(C)(C)C)C(=O)c1cccc(C(=O)NC2CCC(O)CC2)c1. The molecule has 0 radical (unpaired) electrons. The van der Waals surface area contributed by atoms with Crippen LogP contribution in [0.5, 0.6) is 0 Å². The summed E-state index contributed by atoms with van der Waals surface area (Å²) in [6.07, 6.45) is 2.79. The number of carbonyl (C=O) groups excluding carboxylic acids is 2. The van der Waals surface area contributed by atoms with E-state index in [2.05, 4.69) is 26.1 Å². The second kappa shape index (κ2) is 8.00. The Morgan fingerprint density at radius 1 is 1.16 bits per heavy atom. The number of nitrogens with one attached hydrogen (secondary N) is 1.